The Balaban J connectivity index is 1.58. The zero-order valence-corrected chi connectivity index (χ0v) is 15.0. The Kier molecular flexibility index (Phi) is 6.06. The Morgan fingerprint density at radius 3 is 2.59 bits per heavy atom. The number of carbonyl (C=O) groups excluding carboxylic acids is 2. The van der Waals surface area contributed by atoms with Crippen molar-refractivity contribution in [2.75, 3.05) is 31.0 Å². The number of ether oxygens (including phenoxy) is 2. The summed E-state index contributed by atoms with van der Waals surface area (Å²) in [6.07, 6.45) is 1.52. The van der Waals surface area contributed by atoms with Gasteiger partial charge in [-0.2, -0.15) is 0 Å². The van der Waals surface area contributed by atoms with Crippen LogP contribution in [0.3, 0.4) is 0 Å². The van der Waals surface area contributed by atoms with Gasteiger partial charge in [0.15, 0.2) is 0 Å². The average Bonchev–Trinajstić information content (AvgIpc) is 3.05. The molecule has 1 heterocycles. The summed E-state index contributed by atoms with van der Waals surface area (Å²) in [5.41, 5.74) is 3.05. The van der Waals surface area contributed by atoms with Crippen LogP contribution in [0, 0.1) is 0 Å². The van der Waals surface area contributed by atoms with Gasteiger partial charge in [-0.3, -0.25) is 10.1 Å². The first-order valence-electron chi connectivity index (χ1n) is 8.53. The number of hydrogen-bond donors (Lipinski definition) is 3. The van der Waals surface area contributed by atoms with Gasteiger partial charge in [-0.05, 0) is 29.8 Å². The van der Waals surface area contributed by atoms with Crippen LogP contribution in [0.15, 0.2) is 54.7 Å². The minimum Gasteiger partial charge on any atom is -0.447 e. The molecule has 0 saturated heterocycles. The first kappa shape index (κ1) is 18.5. The highest BCUT2D eigenvalue weighted by Gasteiger charge is 2.10. The molecule has 0 saturated carbocycles. The lowest BCUT2D eigenvalue weighted by Crippen LogP contribution is -2.17. The molecule has 0 spiro atoms. The first-order valence-corrected chi connectivity index (χ1v) is 8.53. The van der Waals surface area contributed by atoms with Crippen LogP contribution in [0.1, 0.15) is 5.56 Å². The lowest BCUT2D eigenvalue weighted by molar-refractivity contribution is -0.115. The zero-order chi connectivity index (χ0) is 19.1. The van der Waals surface area contributed by atoms with Crippen molar-refractivity contribution in [3.63, 3.8) is 0 Å². The number of benzene rings is 2. The molecule has 0 fully saturated rings. The second-order valence-electron chi connectivity index (χ2n) is 5.92. The number of H-pyrrole nitrogens is 1. The average molecular weight is 367 g/mol. The summed E-state index contributed by atoms with van der Waals surface area (Å²) >= 11 is 0. The molecule has 0 unspecified atom stereocenters. The summed E-state index contributed by atoms with van der Waals surface area (Å²) in [6, 6.07) is 14.7. The van der Waals surface area contributed by atoms with Gasteiger partial charge in [-0.1, -0.05) is 24.3 Å². The zero-order valence-electron chi connectivity index (χ0n) is 15.0. The molecule has 7 nitrogen and oxygen atoms in total. The lowest BCUT2D eigenvalue weighted by atomic mass is 10.1. The van der Waals surface area contributed by atoms with E-state index in [2.05, 4.69) is 15.6 Å². The molecule has 140 valence electrons. The third-order valence-corrected chi connectivity index (χ3v) is 3.94. The number of rotatable bonds is 7. The van der Waals surface area contributed by atoms with E-state index in [9.17, 15) is 9.59 Å². The Bertz CT molecular complexity index is 936. The van der Waals surface area contributed by atoms with E-state index in [0.717, 1.165) is 16.5 Å². The van der Waals surface area contributed by atoms with Gasteiger partial charge in [0, 0.05) is 35.6 Å². The largest absolute Gasteiger partial charge is 0.447 e. The number of anilines is 2. The van der Waals surface area contributed by atoms with Crippen molar-refractivity contribution >= 4 is 34.3 Å². The number of methoxy groups -OCH3 is 1. The van der Waals surface area contributed by atoms with Gasteiger partial charge in [-0.25, -0.2) is 4.79 Å². The van der Waals surface area contributed by atoms with Gasteiger partial charge >= 0.3 is 6.09 Å². The summed E-state index contributed by atoms with van der Waals surface area (Å²) in [5.74, 6) is -0.139. The number of aromatic nitrogens is 1. The van der Waals surface area contributed by atoms with Gasteiger partial charge < -0.3 is 19.8 Å². The smallest absolute Gasteiger partial charge is 0.411 e. The van der Waals surface area contributed by atoms with Crippen molar-refractivity contribution in [2.45, 2.75) is 6.42 Å². The molecule has 0 aliphatic carbocycles. The fraction of sp³-hybridized carbons (Fsp3) is 0.200. The highest BCUT2D eigenvalue weighted by atomic mass is 16.6. The predicted octanol–water partition coefficient (Wildman–Crippen LogP) is 3.54. The first-order chi connectivity index (χ1) is 13.2. The second-order valence-corrected chi connectivity index (χ2v) is 5.92. The molecule has 0 bridgehead atoms. The van der Waals surface area contributed by atoms with E-state index >= 15 is 0 Å². The van der Waals surface area contributed by atoms with Crippen molar-refractivity contribution in [1.29, 1.82) is 0 Å². The highest BCUT2D eigenvalue weighted by Crippen LogP contribution is 2.19. The van der Waals surface area contributed by atoms with Gasteiger partial charge in [0.1, 0.15) is 6.61 Å². The van der Waals surface area contributed by atoms with Crippen LogP contribution in [-0.2, 0) is 20.7 Å². The number of fused-ring (bicyclic) bond motifs is 1. The summed E-state index contributed by atoms with van der Waals surface area (Å²) in [5, 5.41) is 6.49. The lowest BCUT2D eigenvalue weighted by Gasteiger charge is -2.09. The highest BCUT2D eigenvalue weighted by molar-refractivity contribution is 5.96. The number of aromatic amines is 1. The quantitative estimate of drug-likeness (QED) is 0.557. The van der Waals surface area contributed by atoms with Gasteiger partial charge in [0.2, 0.25) is 5.91 Å². The summed E-state index contributed by atoms with van der Waals surface area (Å²) in [7, 11) is 1.53. The summed E-state index contributed by atoms with van der Waals surface area (Å²) < 4.78 is 9.77. The van der Waals surface area contributed by atoms with E-state index < -0.39 is 6.09 Å². The molecule has 27 heavy (non-hydrogen) atoms. The topological polar surface area (TPSA) is 92.4 Å². The van der Waals surface area contributed by atoms with Crippen molar-refractivity contribution in [2.24, 2.45) is 0 Å². The Hall–Kier alpha value is -3.32. The second kappa shape index (κ2) is 8.86. The van der Waals surface area contributed by atoms with Crippen LogP contribution in [0.2, 0.25) is 0 Å². The number of carbonyl (C=O) groups is 2. The molecule has 1 aromatic heterocycles. The molecular weight excluding hydrogens is 346 g/mol. The van der Waals surface area contributed by atoms with Crippen LogP contribution >= 0.6 is 0 Å². The van der Waals surface area contributed by atoms with Crippen molar-refractivity contribution in [3.05, 3.63) is 60.3 Å². The van der Waals surface area contributed by atoms with Crippen LogP contribution in [0.4, 0.5) is 16.2 Å². The van der Waals surface area contributed by atoms with Crippen molar-refractivity contribution in [3.8, 4) is 0 Å². The maximum absolute atomic E-state index is 12.4. The minimum atomic E-state index is -0.575. The van der Waals surface area contributed by atoms with Crippen LogP contribution in [0.5, 0.6) is 0 Å². The van der Waals surface area contributed by atoms with Gasteiger partial charge in [0.25, 0.3) is 0 Å². The Morgan fingerprint density at radius 1 is 1.00 bits per heavy atom. The summed E-state index contributed by atoms with van der Waals surface area (Å²) in [4.78, 5) is 27.2. The van der Waals surface area contributed by atoms with E-state index in [1.54, 1.807) is 24.3 Å². The number of nitrogens with one attached hydrogen (secondary N) is 3. The van der Waals surface area contributed by atoms with Crippen molar-refractivity contribution < 1.29 is 19.1 Å². The van der Waals surface area contributed by atoms with Crippen LogP contribution in [0.25, 0.3) is 10.9 Å². The minimum absolute atomic E-state index is 0.139. The third-order valence-electron chi connectivity index (χ3n) is 3.94. The Labute approximate surface area is 156 Å². The molecule has 0 radical (unpaired) electrons. The monoisotopic (exact) mass is 367 g/mol. The molecular formula is C20H21N3O4. The normalized spacial score (nSPS) is 10.6. The van der Waals surface area contributed by atoms with E-state index in [0.29, 0.717) is 18.0 Å². The molecule has 0 aliphatic rings. The molecule has 2 amide bonds. The SMILES string of the molecule is COCCOC(=O)Nc1cccc(NC(=O)Cc2c[nH]c3ccccc23)c1. The number of hydrogen-bond acceptors (Lipinski definition) is 4. The maximum Gasteiger partial charge on any atom is 0.411 e. The molecule has 0 atom stereocenters. The van der Waals surface area contributed by atoms with E-state index in [1.807, 2.05) is 30.5 Å². The predicted molar refractivity (Wildman–Crippen MR) is 104 cm³/mol. The fourth-order valence-corrected chi connectivity index (χ4v) is 2.70. The fourth-order valence-electron chi connectivity index (χ4n) is 2.70. The maximum atomic E-state index is 12.4. The van der Waals surface area contributed by atoms with E-state index in [1.165, 1.54) is 7.11 Å². The molecule has 3 aromatic rings. The molecule has 0 aliphatic heterocycles. The molecule has 3 rings (SSSR count). The van der Waals surface area contributed by atoms with E-state index in [4.69, 9.17) is 9.47 Å². The number of amides is 2. The van der Waals surface area contributed by atoms with Gasteiger partial charge in [-0.15, -0.1) is 0 Å². The molecule has 7 heteroatoms. The molecule has 3 N–H and O–H groups in total. The molecule has 2 aromatic carbocycles. The van der Waals surface area contributed by atoms with E-state index in [-0.39, 0.29) is 18.9 Å². The third kappa shape index (κ3) is 5.08. The number of para-hydroxylation sites is 1. The van der Waals surface area contributed by atoms with Crippen molar-refractivity contribution in [1.82, 2.24) is 4.98 Å². The Morgan fingerprint density at radius 2 is 1.78 bits per heavy atom. The summed E-state index contributed by atoms with van der Waals surface area (Å²) in [6.45, 7) is 0.501. The van der Waals surface area contributed by atoms with Crippen LogP contribution in [-0.4, -0.2) is 37.3 Å². The standard InChI is InChI=1S/C20H21N3O4/c1-26-9-10-27-20(25)23-16-6-4-5-15(12-16)22-19(24)11-14-13-21-18-8-3-2-7-17(14)18/h2-8,12-13,21H,9-11H2,1H3,(H,22,24)(H,23,25). The van der Waals surface area contributed by atoms with Gasteiger partial charge in [0.05, 0.1) is 13.0 Å². The van der Waals surface area contributed by atoms with Crippen LogP contribution < -0.4 is 10.6 Å².